The zero-order valence-corrected chi connectivity index (χ0v) is 8.02. The van der Waals surface area contributed by atoms with Gasteiger partial charge in [0.2, 0.25) is 5.89 Å². The topological polar surface area (TPSA) is 48.2 Å². The van der Waals surface area contributed by atoms with Gasteiger partial charge in [-0.25, -0.2) is 9.97 Å². The molecular weight excluding hydrogens is 180 g/mol. The van der Waals surface area contributed by atoms with Crippen LogP contribution in [-0.4, -0.2) is 17.1 Å². The second-order valence-corrected chi connectivity index (χ2v) is 2.83. The van der Waals surface area contributed by atoms with Gasteiger partial charge in [-0.15, -0.1) is 0 Å². The third-order valence-electron chi connectivity index (χ3n) is 1.81. The highest BCUT2D eigenvalue weighted by Crippen LogP contribution is 2.26. The Morgan fingerprint density at radius 1 is 1.36 bits per heavy atom. The molecule has 0 aliphatic carbocycles. The molecule has 0 spiro atoms. The van der Waals surface area contributed by atoms with Crippen molar-refractivity contribution in [2.24, 2.45) is 0 Å². The molecule has 0 saturated carbocycles. The predicted molar refractivity (Wildman–Crippen MR) is 51.0 cm³/mol. The van der Waals surface area contributed by atoms with Gasteiger partial charge in [0.15, 0.2) is 5.69 Å². The number of hydrogen-bond acceptors (Lipinski definition) is 4. The van der Waals surface area contributed by atoms with Gasteiger partial charge >= 0.3 is 0 Å². The molecule has 2 heterocycles. The minimum Gasteiger partial charge on any atom is -0.494 e. The Hall–Kier alpha value is -1.84. The summed E-state index contributed by atoms with van der Waals surface area (Å²) in [5.74, 6) is 1.90. The number of rotatable bonds is 2. The van der Waals surface area contributed by atoms with Crippen LogP contribution in [-0.2, 0) is 0 Å². The molecule has 0 saturated heterocycles. The van der Waals surface area contributed by atoms with E-state index in [4.69, 9.17) is 9.15 Å². The molecule has 0 aromatic carbocycles. The van der Waals surface area contributed by atoms with Gasteiger partial charge in [-0.3, -0.25) is 0 Å². The van der Waals surface area contributed by atoms with Crippen molar-refractivity contribution in [2.45, 2.75) is 6.92 Å². The van der Waals surface area contributed by atoms with Crippen LogP contribution in [0.25, 0.3) is 11.6 Å². The average Bonchev–Trinajstić information content (AvgIpc) is 2.65. The van der Waals surface area contributed by atoms with Crippen LogP contribution in [0.4, 0.5) is 0 Å². The van der Waals surface area contributed by atoms with E-state index in [2.05, 4.69) is 9.97 Å². The SMILES string of the molecule is COc1cccnc1-c1ncc(C)o1. The van der Waals surface area contributed by atoms with Gasteiger partial charge in [-0.05, 0) is 19.1 Å². The number of pyridine rings is 1. The lowest BCUT2D eigenvalue weighted by molar-refractivity contribution is 0.412. The lowest BCUT2D eigenvalue weighted by Gasteiger charge is -2.02. The zero-order chi connectivity index (χ0) is 9.97. The third-order valence-corrected chi connectivity index (χ3v) is 1.81. The first-order valence-corrected chi connectivity index (χ1v) is 4.23. The van der Waals surface area contributed by atoms with Crippen LogP contribution in [0.5, 0.6) is 5.75 Å². The van der Waals surface area contributed by atoms with Gasteiger partial charge in [0.25, 0.3) is 0 Å². The van der Waals surface area contributed by atoms with Crippen molar-refractivity contribution in [3.8, 4) is 17.3 Å². The molecule has 0 amide bonds. The quantitative estimate of drug-likeness (QED) is 0.727. The van der Waals surface area contributed by atoms with Crippen molar-refractivity contribution >= 4 is 0 Å². The average molecular weight is 190 g/mol. The summed E-state index contributed by atoms with van der Waals surface area (Å²) in [4.78, 5) is 8.24. The summed E-state index contributed by atoms with van der Waals surface area (Å²) in [5, 5.41) is 0. The molecule has 2 rings (SSSR count). The molecule has 4 nitrogen and oxygen atoms in total. The van der Waals surface area contributed by atoms with Gasteiger partial charge < -0.3 is 9.15 Å². The highest BCUT2D eigenvalue weighted by atomic mass is 16.5. The van der Waals surface area contributed by atoms with E-state index in [1.165, 1.54) is 0 Å². The molecule has 2 aromatic rings. The van der Waals surface area contributed by atoms with Crippen LogP contribution in [0.1, 0.15) is 5.76 Å². The summed E-state index contributed by atoms with van der Waals surface area (Å²) in [5.41, 5.74) is 0.628. The summed E-state index contributed by atoms with van der Waals surface area (Å²) in [6.45, 7) is 1.84. The Balaban J connectivity index is 2.50. The Morgan fingerprint density at radius 3 is 2.86 bits per heavy atom. The maximum absolute atomic E-state index is 5.36. The van der Waals surface area contributed by atoms with Crippen molar-refractivity contribution < 1.29 is 9.15 Å². The molecule has 0 aliphatic heterocycles. The first-order valence-electron chi connectivity index (χ1n) is 4.23. The number of aryl methyl sites for hydroxylation is 1. The lowest BCUT2D eigenvalue weighted by Crippen LogP contribution is -1.90. The Bertz CT molecular complexity index is 437. The number of aromatic nitrogens is 2. The van der Waals surface area contributed by atoms with E-state index in [9.17, 15) is 0 Å². The molecular formula is C10H10N2O2. The van der Waals surface area contributed by atoms with Crippen LogP contribution < -0.4 is 4.74 Å². The van der Waals surface area contributed by atoms with E-state index in [0.717, 1.165) is 5.76 Å². The minimum atomic E-state index is 0.486. The van der Waals surface area contributed by atoms with Crippen LogP contribution in [0.15, 0.2) is 28.9 Å². The molecule has 14 heavy (non-hydrogen) atoms. The van der Waals surface area contributed by atoms with E-state index in [1.807, 2.05) is 13.0 Å². The minimum absolute atomic E-state index is 0.486. The second kappa shape index (κ2) is 3.49. The number of ether oxygens (including phenoxy) is 1. The van der Waals surface area contributed by atoms with E-state index in [-0.39, 0.29) is 0 Å². The Morgan fingerprint density at radius 2 is 2.21 bits per heavy atom. The normalized spacial score (nSPS) is 10.1. The maximum Gasteiger partial charge on any atom is 0.249 e. The van der Waals surface area contributed by atoms with Crippen LogP contribution >= 0.6 is 0 Å². The highest BCUT2D eigenvalue weighted by Gasteiger charge is 2.11. The predicted octanol–water partition coefficient (Wildman–Crippen LogP) is 2.05. The van der Waals surface area contributed by atoms with E-state index in [1.54, 1.807) is 25.6 Å². The maximum atomic E-state index is 5.36. The van der Waals surface area contributed by atoms with E-state index in [0.29, 0.717) is 17.3 Å². The summed E-state index contributed by atoms with van der Waals surface area (Å²) in [7, 11) is 1.59. The molecule has 0 N–H and O–H groups in total. The fraction of sp³-hybridized carbons (Fsp3) is 0.200. The fourth-order valence-electron chi connectivity index (χ4n) is 1.18. The first-order chi connectivity index (χ1) is 6.81. The van der Waals surface area contributed by atoms with Gasteiger partial charge in [0, 0.05) is 6.20 Å². The molecule has 0 atom stereocenters. The molecule has 0 bridgehead atoms. The van der Waals surface area contributed by atoms with Gasteiger partial charge in [-0.1, -0.05) is 0 Å². The van der Waals surface area contributed by atoms with Crippen molar-refractivity contribution in [1.29, 1.82) is 0 Å². The van der Waals surface area contributed by atoms with Gasteiger partial charge in [0.05, 0.1) is 13.3 Å². The molecule has 2 aromatic heterocycles. The number of oxazole rings is 1. The summed E-state index contributed by atoms with van der Waals surface area (Å²) >= 11 is 0. The summed E-state index contributed by atoms with van der Waals surface area (Å²) < 4.78 is 10.5. The molecule has 4 heteroatoms. The van der Waals surface area contributed by atoms with Crippen molar-refractivity contribution in [3.05, 3.63) is 30.3 Å². The highest BCUT2D eigenvalue weighted by molar-refractivity contribution is 5.56. The van der Waals surface area contributed by atoms with E-state index < -0.39 is 0 Å². The number of nitrogens with zero attached hydrogens (tertiary/aromatic N) is 2. The third kappa shape index (κ3) is 1.46. The van der Waals surface area contributed by atoms with Crippen molar-refractivity contribution in [2.75, 3.05) is 7.11 Å². The molecule has 72 valence electrons. The standard InChI is InChI=1S/C10H10N2O2/c1-7-6-12-10(14-7)9-8(13-2)4-3-5-11-9/h3-6H,1-2H3. The number of methoxy groups -OCH3 is 1. The molecule has 0 aliphatic rings. The summed E-state index contributed by atoms with van der Waals surface area (Å²) in [6, 6.07) is 3.62. The van der Waals surface area contributed by atoms with Crippen molar-refractivity contribution in [3.63, 3.8) is 0 Å². The number of hydrogen-bond donors (Lipinski definition) is 0. The monoisotopic (exact) mass is 190 g/mol. The van der Waals surface area contributed by atoms with E-state index >= 15 is 0 Å². The molecule has 0 unspecified atom stereocenters. The lowest BCUT2D eigenvalue weighted by atomic mass is 10.3. The largest absolute Gasteiger partial charge is 0.494 e. The molecule has 0 fully saturated rings. The van der Waals surface area contributed by atoms with Crippen molar-refractivity contribution in [1.82, 2.24) is 9.97 Å². The van der Waals surface area contributed by atoms with Crippen LogP contribution in [0, 0.1) is 6.92 Å². The van der Waals surface area contributed by atoms with Gasteiger partial charge in [-0.2, -0.15) is 0 Å². The van der Waals surface area contributed by atoms with Gasteiger partial charge in [0.1, 0.15) is 11.5 Å². The van der Waals surface area contributed by atoms with Crippen LogP contribution in [0.3, 0.4) is 0 Å². The first kappa shape index (κ1) is 8.74. The zero-order valence-electron chi connectivity index (χ0n) is 8.02. The fourth-order valence-corrected chi connectivity index (χ4v) is 1.18. The Kier molecular flexibility index (Phi) is 2.18. The Labute approximate surface area is 81.6 Å². The second-order valence-electron chi connectivity index (χ2n) is 2.83. The van der Waals surface area contributed by atoms with Crippen LogP contribution in [0.2, 0.25) is 0 Å². The summed E-state index contributed by atoms with van der Waals surface area (Å²) in [6.07, 6.45) is 3.33. The molecule has 0 radical (unpaired) electrons. The smallest absolute Gasteiger partial charge is 0.249 e.